The van der Waals surface area contributed by atoms with Crippen molar-refractivity contribution < 1.29 is 39.0 Å². The van der Waals surface area contributed by atoms with Crippen LogP contribution in [0.4, 0.5) is 17.5 Å². The van der Waals surface area contributed by atoms with Gasteiger partial charge in [-0.25, -0.2) is 29.9 Å². The van der Waals surface area contributed by atoms with Crippen molar-refractivity contribution in [2.75, 3.05) is 123 Å². The lowest BCUT2D eigenvalue weighted by molar-refractivity contribution is 0.0369. The van der Waals surface area contributed by atoms with Crippen LogP contribution in [0.25, 0.3) is 45.3 Å². The maximum Gasteiger partial charge on any atom is 0.162 e. The van der Waals surface area contributed by atoms with Crippen LogP contribution >= 0.6 is 0 Å². The Morgan fingerprint density at radius 1 is 0.656 bits per heavy atom. The van der Waals surface area contributed by atoms with E-state index in [0.29, 0.717) is 98.9 Å². The molecule has 2 aliphatic heterocycles. The fraction of sp³-hybridized carbons (Fsp3) is 0.493. The summed E-state index contributed by atoms with van der Waals surface area (Å²) in [6.45, 7) is 6.17. The van der Waals surface area contributed by atoms with E-state index in [9.17, 15) is 20.6 Å². The van der Waals surface area contributed by atoms with Gasteiger partial charge in [0.15, 0.2) is 17.5 Å². The zero-order valence-electron chi connectivity index (χ0n) is 53.1. The number of hydrogen-bond acceptors (Lipinski definition) is 21. The summed E-state index contributed by atoms with van der Waals surface area (Å²) in [5.74, 6) is 6.21. The lowest BCUT2D eigenvalue weighted by atomic mass is 9.93. The minimum atomic E-state index is -0.707. The molecule has 5 heterocycles. The molecule has 21 heteroatoms. The number of benzene rings is 3. The normalized spacial score (nSPS) is 18.9. The summed E-state index contributed by atoms with van der Waals surface area (Å²) in [6.07, 6.45) is 9.61. The minimum Gasteiger partial charge on any atom is -0.491 e. The SMILES string of the molecule is CNCC(O)COc1cccc(-c2nc(C3=CC(c4ccc(OCC(O)CNC)cc4-c4nc(C5CC5)cc(N(C)C5CCOC(C=C(C)c6cc(N(C)C7CCOCC7)nc(-c7cccc(OCC(O)CNC)c7)n6)C5)n4)CC3)cc(N(C)CCC#N)n2)c1. The number of hydrogen-bond donors (Lipinski definition) is 6. The van der Waals surface area contributed by atoms with Crippen LogP contribution in [0.1, 0.15) is 99.2 Å². The number of likely N-dealkylation sites (N-methyl/N-ethyl adjacent to an activating group) is 3. The molecule has 2 saturated heterocycles. The van der Waals surface area contributed by atoms with E-state index in [1.54, 1.807) is 21.1 Å². The summed E-state index contributed by atoms with van der Waals surface area (Å²) in [4.78, 5) is 37.9. The van der Waals surface area contributed by atoms with Crippen LogP contribution in [-0.2, 0) is 9.47 Å². The number of rotatable bonds is 30. The number of aliphatic hydroxyl groups is 3. The highest BCUT2D eigenvalue weighted by atomic mass is 16.5. The highest BCUT2D eigenvalue weighted by Gasteiger charge is 2.32. The molecule has 0 radical (unpaired) electrons. The topological polar surface area (TPSA) is 254 Å². The molecule has 0 bridgehead atoms. The van der Waals surface area contributed by atoms with Crippen LogP contribution in [-0.4, -0.2) is 190 Å². The number of anilines is 3. The Morgan fingerprint density at radius 2 is 1.24 bits per heavy atom. The molecule has 3 fully saturated rings. The van der Waals surface area contributed by atoms with Gasteiger partial charge in [0.25, 0.3) is 0 Å². The molecule has 6 unspecified atom stereocenters. The van der Waals surface area contributed by atoms with Crippen LogP contribution in [0.3, 0.4) is 0 Å². The second-order valence-electron chi connectivity index (χ2n) is 24.2. The van der Waals surface area contributed by atoms with E-state index >= 15 is 0 Å². The fourth-order valence-corrected chi connectivity index (χ4v) is 11.9. The highest BCUT2D eigenvalue weighted by molar-refractivity contribution is 5.74. The molecular weight excluding hydrogens is 1140 g/mol. The first kappa shape index (κ1) is 65.3. The molecule has 6 atom stereocenters. The first-order valence-corrected chi connectivity index (χ1v) is 31.8. The van der Waals surface area contributed by atoms with Crippen LogP contribution < -0.4 is 44.9 Å². The standard InChI is InChI=1S/C69H89N13O8/c1-44(61-35-65(81(6)50-21-26-86-27-22-50)78-67(74-61)48-11-8-13-55(31-48)88-41-52(83)38-71-2)29-58-33-51(23-28-87-58)82(7)66-37-62(45-15-16-45)76-69(79-66)60-34-57(90-43-54(85)40-73-4)19-20-59(60)46-17-18-47(30-46)63-36-64(80(5)25-10-24-70)77-68(75-63)49-12-9-14-56(32-49)89-42-53(84)39-72-3/h8-9,11-14,19-20,29-32,34-37,45-46,50-54,58,71-73,83-85H,10,15-18,21-23,25-28,33,38-43H2,1-7H3. The quantitative estimate of drug-likeness (QED) is 0.0251. The average molecular weight is 1230 g/mol. The van der Waals surface area contributed by atoms with Gasteiger partial charge in [0.2, 0.25) is 0 Å². The summed E-state index contributed by atoms with van der Waals surface area (Å²) in [6, 6.07) is 30.4. The fourth-order valence-electron chi connectivity index (χ4n) is 11.9. The lowest BCUT2D eigenvalue weighted by Gasteiger charge is -2.35. The van der Waals surface area contributed by atoms with Crippen molar-refractivity contribution in [1.82, 2.24) is 45.9 Å². The van der Waals surface area contributed by atoms with E-state index in [0.717, 1.165) is 113 Å². The Labute approximate surface area is 529 Å². The molecule has 6 aromatic rings. The second kappa shape index (κ2) is 31.4. The first-order chi connectivity index (χ1) is 43.7. The Balaban J connectivity index is 0.947. The second-order valence-corrected chi connectivity index (χ2v) is 24.2. The van der Waals surface area contributed by atoms with Gasteiger partial charge in [-0.3, -0.25) is 0 Å². The van der Waals surface area contributed by atoms with Gasteiger partial charge in [0.1, 0.15) is 72.8 Å². The molecule has 0 spiro atoms. The maximum absolute atomic E-state index is 10.7. The number of nitriles is 1. The summed E-state index contributed by atoms with van der Waals surface area (Å²) in [5, 5.41) is 50.0. The van der Waals surface area contributed by atoms with Gasteiger partial charge in [-0.2, -0.15) is 5.26 Å². The van der Waals surface area contributed by atoms with Gasteiger partial charge < -0.3 is 69.7 Å². The molecule has 0 amide bonds. The van der Waals surface area contributed by atoms with Crippen molar-refractivity contribution in [2.24, 2.45) is 0 Å². The number of ether oxygens (including phenoxy) is 5. The van der Waals surface area contributed by atoms with Crippen molar-refractivity contribution in [3.63, 3.8) is 0 Å². The summed E-state index contributed by atoms with van der Waals surface area (Å²) in [7, 11) is 11.6. The smallest absolute Gasteiger partial charge is 0.162 e. The maximum atomic E-state index is 10.7. The van der Waals surface area contributed by atoms with E-state index in [1.807, 2.05) is 78.7 Å². The highest BCUT2D eigenvalue weighted by Crippen LogP contribution is 2.45. The third-order valence-electron chi connectivity index (χ3n) is 17.2. The molecule has 478 valence electrons. The van der Waals surface area contributed by atoms with Crippen molar-refractivity contribution in [3.05, 3.63) is 120 Å². The molecule has 6 N–H and O–H groups in total. The number of aliphatic hydroxyl groups excluding tert-OH is 3. The third-order valence-corrected chi connectivity index (χ3v) is 17.2. The van der Waals surface area contributed by atoms with Crippen LogP contribution in [0.5, 0.6) is 17.2 Å². The molecule has 10 rings (SSSR count). The van der Waals surface area contributed by atoms with Crippen molar-refractivity contribution >= 4 is 28.6 Å². The monoisotopic (exact) mass is 1230 g/mol. The molecule has 21 nitrogen and oxygen atoms in total. The summed E-state index contributed by atoms with van der Waals surface area (Å²) in [5.41, 5.74) is 8.16. The van der Waals surface area contributed by atoms with Gasteiger partial charge in [-0.15, -0.1) is 0 Å². The van der Waals surface area contributed by atoms with Gasteiger partial charge >= 0.3 is 0 Å². The number of nitrogens with zero attached hydrogens (tertiary/aromatic N) is 10. The number of aromatic nitrogens is 6. The molecule has 3 aromatic heterocycles. The summed E-state index contributed by atoms with van der Waals surface area (Å²) >= 11 is 0. The average Bonchev–Trinajstić information content (AvgIpc) is 1.47. The first-order valence-electron chi connectivity index (χ1n) is 31.8. The van der Waals surface area contributed by atoms with Gasteiger partial charge in [0.05, 0.1) is 30.0 Å². The van der Waals surface area contributed by atoms with Crippen LogP contribution in [0.2, 0.25) is 0 Å². The largest absolute Gasteiger partial charge is 0.491 e. The van der Waals surface area contributed by atoms with Crippen molar-refractivity contribution in [3.8, 4) is 57.5 Å². The predicted molar refractivity (Wildman–Crippen MR) is 351 cm³/mol. The number of nitrogens with one attached hydrogen (secondary N) is 3. The Morgan fingerprint density at radius 3 is 1.88 bits per heavy atom. The van der Waals surface area contributed by atoms with Gasteiger partial charge in [-0.1, -0.05) is 42.5 Å². The van der Waals surface area contributed by atoms with Crippen LogP contribution in [0.15, 0.2) is 97.1 Å². The lowest BCUT2D eigenvalue weighted by Crippen LogP contribution is -2.40. The molecule has 90 heavy (non-hydrogen) atoms. The van der Waals surface area contributed by atoms with Gasteiger partial charge in [0, 0.05) is 132 Å². The Kier molecular flexibility index (Phi) is 22.8. The zero-order valence-corrected chi connectivity index (χ0v) is 53.1. The molecule has 4 aliphatic rings. The van der Waals surface area contributed by atoms with E-state index in [4.69, 9.17) is 53.6 Å². The van der Waals surface area contributed by atoms with Gasteiger partial charge in [-0.05, 0) is 133 Å². The molecule has 2 aliphatic carbocycles. The van der Waals surface area contributed by atoms with E-state index in [1.165, 1.54) is 0 Å². The van der Waals surface area contributed by atoms with E-state index in [2.05, 4.69) is 83.2 Å². The Bertz CT molecular complexity index is 3460. The predicted octanol–water partition coefficient (Wildman–Crippen LogP) is 7.83. The summed E-state index contributed by atoms with van der Waals surface area (Å²) < 4.78 is 30.6. The molecule has 3 aromatic carbocycles. The van der Waals surface area contributed by atoms with Crippen molar-refractivity contribution in [2.45, 2.75) is 113 Å². The van der Waals surface area contributed by atoms with Crippen LogP contribution in [0, 0.1) is 11.3 Å². The molecular formula is C69H89N13O8. The number of allylic oxidation sites excluding steroid dienone is 3. The van der Waals surface area contributed by atoms with Crippen molar-refractivity contribution in [1.29, 1.82) is 5.26 Å². The van der Waals surface area contributed by atoms with E-state index < -0.39 is 18.3 Å². The Hall–Kier alpha value is -7.65. The zero-order chi connectivity index (χ0) is 63.1. The third kappa shape index (κ3) is 17.2. The molecule has 1 saturated carbocycles. The minimum absolute atomic E-state index is 0.0321. The van der Waals surface area contributed by atoms with E-state index in [-0.39, 0.29) is 43.9 Å².